The van der Waals surface area contributed by atoms with E-state index in [1.807, 2.05) is 108 Å². The normalized spacial score (nSPS) is 12.6. The first-order valence-corrected chi connectivity index (χ1v) is 15.0. The minimum Gasteiger partial charge on any atom is -0.395 e. The van der Waals surface area contributed by atoms with E-state index < -0.39 is 11.6 Å². The maximum absolute atomic E-state index is 13.4. The molecule has 1 unspecified atom stereocenters. The first-order chi connectivity index (χ1) is 19.3. The van der Waals surface area contributed by atoms with E-state index in [0.717, 1.165) is 20.9 Å². The topological polar surface area (TPSA) is 89.9 Å². The first kappa shape index (κ1) is 32.4. The van der Waals surface area contributed by atoms with Crippen molar-refractivity contribution in [3.8, 4) is 0 Å². The Balaban J connectivity index is 1.79. The summed E-state index contributed by atoms with van der Waals surface area (Å²) in [6.07, 6.45) is 0.550. The number of rotatable bonds is 11. The number of carbonyl (C=O) groups excluding carboxylic acids is 2. The number of aliphatic hydroxyl groups is 2. The van der Waals surface area contributed by atoms with Crippen LogP contribution in [0.4, 0.5) is 0 Å². The third-order valence-electron chi connectivity index (χ3n) is 6.62. The molecule has 3 aromatic rings. The van der Waals surface area contributed by atoms with E-state index in [1.165, 1.54) is 0 Å². The molecular formula is C34H44N2O4S. The molecule has 0 fully saturated rings. The fourth-order valence-electron chi connectivity index (χ4n) is 4.65. The van der Waals surface area contributed by atoms with Crippen molar-refractivity contribution in [2.24, 2.45) is 0 Å². The van der Waals surface area contributed by atoms with Crippen molar-refractivity contribution in [2.45, 2.75) is 87.8 Å². The molecule has 0 radical (unpaired) electrons. The van der Waals surface area contributed by atoms with Crippen LogP contribution in [0.15, 0.2) is 82.6 Å². The average molecular weight is 577 g/mol. The summed E-state index contributed by atoms with van der Waals surface area (Å²) < 4.78 is 0. The zero-order chi connectivity index (χ0) is 30.2. The van der Waals surface area contributed by atoms with Gasteiger partial charge in [-0.2, -0.15) is 0 Å². The predicted molar refractivity (Wildman–Crippen MR) is 167 cm³/mol. The van der Waals surface area contributed by atoms with Crippen molar-refractivity contribution in [2.75, 3.05) is 13.2 Å². The summed E-state index contributed by atoms with van der Waals surface area (Å²) in [5.74, 6) is -0.304. The highest BCUT2D eigenvalue weighted by Crippen LogP contribution is 2.30. The molecule has 0 aromatic heterocycles. The zero-order valence-electron chi connectivity index (χ0n) is 25.1. The van der Waals surface area contributed by atoms with Crippen molar-refractivity contribution in [3.63, 3.8) is 0 Å². The lowest BCUT2D eigenvalue weighted by Gasteiger charge is -2.36. The van der Waals surface area contributed by atoms with Crippen LogP contribution < -0.4 is 5.32 Å². The van der Waals surface area contributed by atoms with Crippen LogP contribution in [0, 0.1) is 0 Å². The van der Waals surface area contributed by atoms with Crippen molar-refractivity contribution in [3.05, 3.63) is 95.1 Å². The second-order valence-corrected chi connectivity index (χ2v) is 13.5. The molecule has 0 saturated heterocycles. The number of amides is 2. The molecule has 6 nitrogen and oxygen atoms in total. The van der Waals surface area contributed by atoms with Gasteiger partial charge in [-0.3, -0.25) is 9.59 Å². The number of aliphatic hydroxyl groups excluding tert-OH is 2. The highest BCUT2D eigenvalue weighted by atomic mass is 32.2. The molecule has 0 saturated carbocycles. The molecule has 0 heterocycles. The predicted octanol–water partition coefficient (Wildman–Crippen LogP) is 6.14. The van der Waals surface area contributed by atoms with E-state index in [1.54, 1.807) is 22.7 Å². The molecule has 7 heteroatoms. The van der Waals surface area contributed by atoms with Gasteiger partial charge in [0.1, 0.15) is 0 Å². The molecular weight excluding hydrogens is 532 g/mol. The Morgan fingerprint density at radius 2 is 1.51 bits per heavy atom. The van der Waals surface area contributed by atoms with Gasteiger partial charge in [0.15, 0.2) is 0 Å². The van der Waals surface area contributed by atoms with Crippen LogP contribution in [0.2, 0.25) is 0 Å². The summed E-state index contributed by atoms with van der Waals surface area (Å²) >= 11 is 1.60. The Morgan fingerprint density at radius 1 is 0.854 bits per heavy atom. The fraction of sp³-hybridized carbons (Fsp3) is 0.412. The van der Waals surface area contributed by atoms with E-state index in [-0.39, 0.29) is 30.5 Å². The molecule has 0 aliphatic carbocycles. The maximum atomic E-state index is 13.4. The lowest BCUT2D eigenvalue weighted by molar-refractivity contribution is 0.0525. The van der Waals surface area contributed by atoms with Gasteiger partial charge in [0, 0.05) is 38.5 Å². The molecule has 2 amide bonds. The second kappa shape index (κ2) is 14.2. The zero-order valence-corrected chi connectivity index (χ0v) is 25.9. The summed E-state index contributed by atoms with van der Waals surface area (Å²) in [5, 5.41) is 23.7. The van der Waals surface area contributed by atoms with Gasteiger partial charge >= 0.3 is 0 Å². The molecule has 0 aliphatic rings. The minimum atomic E-state index is -0.707. The number of benzene rings is 3. The Labute approximate surface area is 249 Å². The van der Waals surface area contributed by atoms with Crippen molar-refractivity contribution in [1.29, 1.82) is 0 Å². The van der Waals surface area contributed by atoms with Crippen molar-refractivity contribution in [1.82, 2.24) is 10.2 Å². The second-order valence-electron chi connectivity index (χ2n) is 12.3. The van der Waals surface area contributed by atoms with E-state index in [0.29, 0.717) is 30.4 Å². The Hall–Kier alpha value is -3.13. The third-order valence-corrected chi connectivity index (χ3v) is 7.62. The number of nitrogens with one attached hydrogen (secondary N) is 1. The van der Waals surface area contributed by atoms with Gasteiger partial charge in [0.2, 0.25) is 0 Å². The quantitative estimate of drug-likeness (QED) is 0.255. The number of aryl methyl sites for hydroxylation is 1. The number of β-amino-alcohol motifs (C(OH)–C–C–N with tert-alkyl or cyclic N) is 1. The number of carbonyl (C=O) groups is 2. The van der Waals surface area contributed by atoms with Gasteiger partial charge in [-0.05, 0) is 102 Å². The molecule has 220 valence electrons. The molecule has 1 atom stereocenters. The van der Waals surface area contributed by atoms with Gasteiger partial charge in [-0.1, -0.05) is 54.2 Å². The average Bonchev–Trinajstić information content (AvgIpc) is 2.90. The lowest BCUT2D eigenvalue weighted by Crippen LogP contribution is -2.47. The van der Waals surface area contributed by atoms with Gasteiger partial charge in [0.05, 0.1) is 12.7 Å². The third kappa shape index (κ3) is 9.73. The Kier molecular flexibility index (Phi) is 11.2. The van der Waals surface area contributed by atoms with Gasteiger partial charge in [-0.15, -0.1) is 0 Å². The van der Waals surface area contributed by atoms with E-state index >= 15 is 0 Å². The van der Waals surface area contributed by atoms with E-state index in [4.69, 9.17) is 0 Å². The van der Waals surface area contributed by atoms with Crippen LogP contribution in [-0.2, 0) is 12.8 Å². The van der Waals surface area contributed by atoms with Crippen molar-refractivity contribution >= 4 is 23.6 Å². The SMILES string of the molecule is CC(C)(C)NC(=O)c1cc(Sc2ccccc2)ccc1CCC(O)Cc1ccccc1C(=O)N(CCO)C(C)(C)C. The molecule has 0 aliphatic heterocycles. The Bertz CT molecular complexity index is 1310. The van der Waals surface area contributed by atoms with Gasteiger partial charge in [0.25, 0.3) is 11.8 Å². The number of nitrogens with zero attached hydrogens (tertiary/aromatic N) is 1. The molecule has 41 heavy (non-hydrogen) atoms. The maximum Gasteiger partial charge on any atom is 0.254 e. The van der Waals surface area contributed by atoms with Crippen molar-refractivity contribution < 1.29 is 19.8 Å². The van der Waals surface area contributed by atoms with Crippen LogP contribution in [-0.4, -0.2) is 57.3 Å². The largest absolute Gasteiger partial charge is 0.395 e. The summed E-state index contributed by atoms with van der Waals surface area (Å²) in [5.41, 5.74) is 1.92. The summed E-state index contributed by atoms with van der Waals surface area (Å²) in [6, 6.07) is 23.3. The van der Waals surface area contributed by atoms with Gasteiger partial charge < -0.3 is 20.4 Å². The number of hydrogen-bond donors (Lipinski definition) is 3. The lowest BCUT2D eigenvalue weighted by atomic mass is 9.94. The molecule has 0 bridgehead atoms. The van der Waals surface area contributed by atoms with Crippen LogP contribution >= 0.6 is 11.8 Å². The van der Waals surface area contributed by atoms with Crippen LogP contribution in [0.5, 0.6) is 0 Å². The first-order valence-electron chi connectivity index (χ1n) is 14.2. The van der Waals surface area contributed by atoms with Crippen LogP contribution in [0.1, 0.15) is 79.8 Å². The molecule has 0 spiro atoms. The Morgan fingerprint density at radius 3 is 2.15 bits per heavy atom. The standard InChI is InChI=1S/C34H44N2O4S/c1-33(2,3)35-31(39)30-23-28(41-27-13-8-7-9-14-27)19-17-24(30)16-18-26(38)22-25-12-10-11-15-29(25)32(40)36(20-21-37)34(4,5)6/h7-15,17,19,23,26,37-38H,16,18,20-22H2,1-6H3,(H,35,39). The highest BCUT2D eigenvalue weighted by molar-refractivity contribution is 7.99. The fourth-order valence-corrected chi connectivity index (χ4v) is 5.53. The molecule has 3 rings (SSSR count). The molecule has 3 aromatic carbocycles. The van der Waals surface area contributed by atoms with E-state index in [9.17, 15) is 19.8 Å². The summed E-state index contributed by atoms with van der Waals surface area (Å²) in [6.45, 7) is 11.8. The van der Waals surface area contributed by atoms with E-state index in [2.05, 4.69) is 5.32 Å². The summed E-state index contributed by atoms with van der Waals surface area (Å²) in [7, 11) is 0. The molecule has 3 N–H and O–H groups in total. The monoisotopic (exact) mass is 576 g/mol. The van der Waals surface area contributed by atoms with Crippen LogP contribution in [0.3, 0.4) is 0 Å². The number of hydrogen-bond acceptors (Lipinski definition) is 5. The van der Waals surface area contributed by atoms with Gasteiger partial charge in [-0.25, -0.2) is 0 Å². The van der Waals surface area contributed by atoms with Crippen LogP contribution in [0.25, 0.3) is 0 Å². The smallest absolute Gasteiger partial charge is 0.254 e. The highest BCUT2D eigenvalue weighted by Gasteiger charge is 2.28. The minimum absolute atomic E-state index is 0.123. The summed E-state index contributed by atoms with van der Waals surface area (Å²) in [4.78, 5) is 30.5.